The van der Waals surface area contributed by atoms with Crippen LogP contribution in [0.4, 0.5) is 0 Å². The number of methoxy groups -OCH3 is 2. The van der Waals surface area contributed by atoms with E-state index in [1.54, 1.807) is 21.1 Å². The summed E-state index contributed by atoms with van der Waals surface area (Å²) in [6, 6.07) is 9.69. The van der Waals surface area contributed by atoms with E-state index in [4.69, 9.17) is 9.47 Å². The van der Waals surface area contributed by atoms with Crippen LogP contribution in [-0.2, 0) is 6.54 Å². The van der Waals surface area contributed by atoms with E-state index in [0.29, 0.717) is 12.3 Å². The van der Waals surface area contributed by atoms with E-state index in [9.17, 15) is 5.11 Å². The highest BCUT2D eigenvalue weighted by atomic mass is 16.5. The van der Waals surface area contributed by atoms with Gasteiger partial charge in [-0.15, -0.1) is 0 Å². The first-order valence-corrected chi connectivity index (χ1v) is 6.19. The average molecular weight is 261 g/mol. The molecule has 0 spiro atoms. The van der Waals surface area contributed by atoms with Crippen LogP contribution >= 0.6 is 0 Å². The molecule has 0 bridgehead atoms. The van der Waals surface area contributed by atoms with Crippen LogP contribution in [-0.4, -0.2) is 23.9 Å². The summed E-state index contributed by atoms with van der Waals surface area (Å²) < 4.78 is 12.5. The Hall–Kier alpha value is -1.94. The first kappa shape index (κ1) is 13.5. The molecule has 0 aliphatic carbocycles. The monoisotopic (exact) mass is 261 g/mol. The van der Waals surface area contributed by atoms with Gasteiger partial charge in [0.1, 0.15) is 0 Å². The van der Waals surface area contributed by atoms with Crippen LogP contribution < -0.4 is 9.47 Å². The number of rotatable bonds is 5. The SMILES string of the molecule is COc1ccc(Cn2cccc2C(C)O)cc1OC. The molecule has 0 saturated carbocycles. The van der Waals surface area contributed by atoms with Gasteiger partial charge in [-0.25, -0.2) is 0 Å². The van der Waals surface area contributed by atoms with Crippen LogP contribution in [0.2, 0.25) is 0 Å². The molecule has 0 aliphatic heterocycles. The molecule has 0 fully saturated rings. The Kier molecular flexibility index (Phi) is 4.12. The number of hydrogen-bond donors (Lipinski definition) is 1. The van der Waals surface area contributed by atoms with Gasteiger partial charge in [0.2, 0.25) is 0 Å². The van der Waals surface area contributed by atoms with Crippen LogP contribution in [0.25, 0.3) is 0 Å². The van der Waals surface area contributed by atoms with Crippen molar-refractivity contribution in [3.8, 4) is 11.5 Å². The lowest BCUT2D eigenvalue weighted by Crippen LogP contribution is -2.06. The fraction of sp³-hybridized carbons (Fsp3) is 0.333. The van der Waals surface area contributed by atoms with Gasteiger partial charge in [0.25, 0.3) is 0 Å². The van der Waals surface area contributed by atoms with Gasteiger partial charge in [0.15, 0.2) is 11.5 Å². The van der Waals surface area contributed by atoms with Crippen molar-refractivity contribution in [2.75, 3.05) is 14.2 Å². The van der Waals surface area contributed by atoms with Gasteiger partial charge in [0, 0.05) is 18.4 Å². The molecular weight excluding hydrogens is 242 g/mol. The second-order valence-electron chi connectivity index (χ2n) is 4.43. The summed E-state index contributed by atoms with van der Waals surface area (Å²) in [6.07, 6.45) is 1.48. The fourth-order valence-corrected chi connectivity index (χ4v) is 2.13. The lowest BCUT2D eigenvalue weighted by molar-refractivity contribution is 0.190. The molecule has 1 heterocycles. The average Bonchev–Trinajstić information content (AvgIpc) is 2.87. The summed E-state index contributed by atoms with van der Waals surface area (Å²) >= 11 is 0. The van der Waals surface area contributed by atoms with E-state index in [2.05, 4.69) is 0 Å². The van der Waals surface area contributed by atoms with Crippen LogP contribution in [0, 0.1) is 0 Å². The first-order valence-electron chi connectivity index (χ1n) is 6.19. The van der Waals surface area contributed by atoms with Gasteiger partial charge >= 0.3 is 0 Å². The molecule has 102 valence electrons. The van der Waals surface area contributed by atoms with Crippen molar-refractivity contribution in [3.63, 3.8) is 0 Å². The highest BCUT2D eigenvalue weighted by Crippen LogP contribution is 2.28. The van der Waals surface area contributed by atoms with Gasteiger partial charge in [-0.2, -0.15) is 0 Å². The molecule has 4 nitrogen and oxygen atoms in total. The molecule has 0 radical (unpaired) electrons. The number of ether oxygens (including phenoxy) is 2. The van der Waals surface area contributed by atoms with E-state index >= 15 is 0 Å². The zero-order valence-electron chi connectivity index (χ0n) is 11.5. The zero-order valence-corrected chi connectivity index (χ0v) is 11.5. The first-order chi connectivity index (χ1) is 9.15. The third-order valence-corrected chi connectivity index (χ3v) is 3.09. The largest absolute Gasteiger partial charge is 0.493 e. The van der Waals surface area contributed by atoms with Crippen molar-refractivity contribution in [3.05, 3.63) is 47.8 Å². The second-order valence-corrected chi connectivity index (χ2v) is 4.43. The summed E-state index contributed by atoms with van der Waals surface area (Å²) in [6.45, 7) is 2.45. The topological polar surface area (TPSA) is 43.6 Å². The molecule has 1 aromatic carbocycles. The van der Waals surface area contributed by atoms with Crippen LogP contribution in [0.15, 0.2) is 36.5 Å². The zero-order chi connectivity index (χ0) is 13.8. The lowest BCUT2D eigenvalue weighted by atomic mass is 10.2. The van der Waals surface area contributed by atoms with E-state index in [0.717, 1.165) is 17.0 Å². The van der Waals surface area contributed by atoms with Crippen LogP contribution in [0.3, 0.4) is 0 Å². The minimum Gasteiger partial charge on any atom is -0.493 e. The van der Waals surface area contributed by atoms with Gasteiger partial charge in [-0.3, -0.25) is 0 Å². The molecule has 0 amide bonds. The highest BCUT2D eigenvalue weighted by Gasteiger charge is 2.09. The lowest BCUT2D eigenvalue weighted by Gasteiger charge is -2.13. The predicted molar refractivity (Wildman–Crippen MR) is 73.7 cm³/mol. The summed E-state index contributed by atoms with van der Waals surface area (Å²) in [5, 5.41) is 9.69. The Morgan fingerprint density at radius 2 is 1.89 bits per heavy atom. The Morgan fingerprint density at radius 1 is 1.16 bits per heavy atom. The van der Waals surface area contributed by atoms with Crippen LogP contribution in [0.1, 0.15) is 24.3 Å². The number of aliphatic hydroxyl groups is 1. The van der Waals surface area contributed by atoms with Crippen molar-refractivity contribution in [2.24, 2.45) is 0 Å². The Bertz CT molecular complexity index is 546. The molecular formula is C15H19NO3. The maximum Gasteiger partial charge on any atom is 0.161 e. The van der Waals surface area contributed by atoms with Gasteiger partial charge in [-0.1, -0.05) is 6.07 Å². The number of benzene rings is 1. The summed E-state index contributed by atoms with van der Waals surface area (Å²) in [5.74, 6) is 1.43. The van der Waals surface area contributed by atoms with Gasteiger partial charge in [-0.05, 0) is 36.8 Å². The molecule has 0 saturated heterocycles. The second kappa shape index (κ2) is 5.80. The summed E-state index contributed by atoms with van der Waals surface area (Å²) in [5.41, 5.74) is 1.99. The maximum atomic E-state index is 9.69. The Labute approximate surface area is 113 Å². The van der Waals surface area contributed by atoms with Crippen molar-refractivity contribution in [2.45, 2.75) is 19.6 Å². The molecule has 1 unspecified atom stereocenters. The quantitative estimate of drug-likeness (QED) is 0.899. The van der Waals surface area contributed by atoms with Crippen molar-refractivity contribution in [1.82, 2.24) is 4.57 Å². The number of aromatic nitrogens is 1. The van der Waals surface area contributed by atoms with Crippen molar-refractivity contribution in [1.29, 1.82) is 0 Å². The fourth-order valence-electron chi connectivity index (χ4n) is 2.13. The Balaban J connectivity index is 2.26. The summed E-state index contributed by atoms with van der Waals surface area (Å²) in [7, 11) is 3.24. The molecule has 2 rings (SSSR count). The molecule has 19 heavy (non-hydrogen) atoms. The maximum absolute atomic E-state index is 9.69. The predicted octanol–water partition coefficient (Wildman–Crippen LogP) is 2.61. The smallest absolute Gasteiger partial charge is 0.161 e. The van der Waals surface area contributed by atoms with Crippen molar-refractivity contribution >= 4 is 0 Å². The molecule has 1 atom stereocenters. The number of hydrogen-bond acceptors (Lipinski definition) is 3. The minimum atomic E-state index is -0.477. The number of nitrogens with zero attached hydrogens (tertiary/aromatic N) is 1. The van der Waals surface area contributed by atoms with E-state index in [-0.39, 0.29) is 0 Å². The highest BCUT2D eigenvalue weighted by molar-refractivity contribution is 5.43. The molecule has 1 N–H and O–H groups in total. The van der Waals surface area contributed by atoms with Gasteiger partial charge < -0.3 is 19.1 Å². The third-order valence-electron chi connectivity index (χ3n) is 3.09. The summed E-state index contributed by atoms with van der Waals surface area (Å²) in [4.78, 5) is 0. The van der Waals surface area contributed by atoms with E-state index in [1.807, 2.05) is 41.1 Å². The molecule has 0 aliphatic rings. The molecule has 4 heteroatoms. The standard InChI is InChI=1S/C15H19NO3/c1-11(17)13-5-4-8-16(13)10-12-6-7-14(18-2)15(9-12)19-3/h4-9,11,17H,10H2,1-3H3. The van der Waals surface area contributed by atoms with Crippen molar-refractivity contribution < 1.29 is 14.6 Å². The Morgan fingerprint density at radius 3 is 2.53 bits per heavy atom. The van der Waals surface area contributed by atoms with Crippen LogP contribution in [0.5, 0.6) is 11.5 Å². The minimum absolute atomic E-state index is 0.477. The molecule has 1 aromatic heterocycles. The van der Waals surface area contributed by atoms with Gasteiger partial charge in [0.05, 0.1) is 20.3 Å². The van der Waals surface area contributed by atoms with E-state index < -0.39 is 6.10 Å². The van der Waals surface area contributed by atoms with E-state index in [1.165, 1.54) is 0 Å². The normalized spacial score (nSPS) is 12.2. The molecule has 2 aromatic rings. The number of aliphatic hydroxyl groups excluding tert-OH is 1. The third kappa shape index (κ3) is 2.90.